The van der Waals surface area contributed by atoms with E-state index in [-0.39, 0.29) is 16.3 Å². The Kier molecular flexibility index (Phi) is 5.29. The maximum absolute atomic E-state index is 13.0. The summed E-state index contributed by atoms with van der Waals surface area (Å²) in [6, 6.07) is 4.89. The summed E-state index contributed by atoms with van der Waals surface area (Å²) >= 11 is 0. The van der Waals surface area contributed by atoms with Gasteiger partial charge >= 0.3 is 0 Å². The fourth-order valence-electron chi connectivity index (χ4n) is 3.34. The molecule has 0 atom stereocenters. The standard InChI is InChI=1S/C17H21N5O5S2/c18-28(23,24)14-1-3-15(4-2-14)29(25,26)22-6-5-13-11-19-17(20-16(13)12-22)21-7-9-27-10-8-21/h1-4,11H,5-10,12H2,(H2,18,23,24). The second-order valence-electron chi connectivity index (χ2n) is 6.85. The van der Waals surface area contributed by atoms with Crippen LogP contribution in [0.1, 0.15) is 11.3 Å². The van der Waals surface area contributed by atoms with E-state index in [0.717, 1.165) is 5.56 Å². The first-order valence-corrected chi connectivity index (χ1v) is 12.0. The van der Waals surface area contributed by atoms with Crippen LogP contribution in [0.4, 0.5) is 5.95 Å². The first-order valence-electron chi connectivity index (χ1n) is 9.06. The van der Waals surface area contributed by atoms with Crippen LogP contribution >= 0.6 is 0 Å². The van der Waals surface area contributed by atoms with Crippen molar-refractivity contribution in [2.45, 2.75) is 22.8 Å². The molecule has 3 heterocycles. The van der Waals surface area contributed by atoms with E-state index in [9.17, 15) is 16.8 Å². The summed E-state index contributed by atoms with van der Waals surface area (Å²) in [6.07, 6.45) is 2.27. The van der Waals surface area contributed by atoms with Gasteiger partial charge in [-0.05, 0) is 36.2 Å². The molecule has 10 nitrogen and oxygen atoms in total. The van der Waals surface area contributed by atoms with E-state index in [0.29, 0.717) is 50.9 Å². The zero-order valence-corrected chi connectivity index (χ0v) is 17.2. The van der Waals surface area contributed by atoms with Crippen molar-refractivity contribution < 1.29 is 21.6 Å². The van der Waals surface area contributed by atoms with Gasteiger partial charge in [-0.3, -0.25) is 0 Å². The Labute approximate surface area is 169 Å². The zero-order chi connectivity index (χ0) is 20.6. The van der Waals surface area contributed by atoms with Gasteiger partial charge in [0.1, 0.15) is 0 Å². The molecule has 0 bridgehead atoms. The molecular weight excluding hydrogens is 418 g/mol. The largest absolute Gasteiger partial charge is 0.378 e. The van der Waals surface area contributed by atoms with Crippen molar-refractivity contribution in [1.82, 2.24) is 14.3 Å². The third kappa shape index (κ3) is 4.12. The Balaban J connectivity index is 1.58. The minimum absolute atomic E-state index is 0.0100. The molecule has 2 aromatic rings. The highest BCUT2D eigenvalue weighted by molar-refractivity contribution is 7.89. The fourth-order valence-corrected chi connectivity index (χ4v) is 5.26. The number of ether oxygens (including phenoxy) is 1. The van der Waals surface area contributed by atoms with Crippen molar-refractivity contribution in [3.63, 3.8) is 0 Å². The van der Waals surface area contributed by atoms with Crippen LogP contribution in [-0.4, -0.2) is 64.0 Å². The summed E-state index contributed by atoms with van der Waals surface area (Å²) in [6.45, 7) is 3.03. The predicted octanol–water partition coefficient (Wildman–Crippen LogP) is -0.292. The van der Waals surface area contributed by atoms with Crippen LogP contribution in [0.2, 0.25) is 0 Å². The van der Waals surface area contributed by atoms with E-state index in [2.05, 4.69) is 9.97 Å². The average molecular weight is 440 g/mol. The highest BCUT2D eigenvalue weighted by Crippen LogP contribution is 2.25. The maximum atomic E-state index is 13.0. The normalized spacial score (nSPS) is 18.4. The van der Waals surface area contributed by atoms with Crippen molar-refractivity contribution in [2.24, 2.45) is 5.14 Å². The van der Waals surface area contributed by atoms with Gasteiger partial charge in [0.05, 0.1) is 35.2 Å². The first kappa shape index (κ1) is 20.2. The number of fused-ring (bicyclic) bond motifs is 1. The van der Waals surface area contributed by atoms with Gasteiger partial charge < -0.3 is 9.64 Å². The molecule has 0 radical (unpaired) electrons. The number of hydrogen-bond acceptors (Lipinski definition) is 8. The second-order valence-corrected chi connectivity index (χ2v) is 10.3. The third-order valence-corrected chi connectivity index (χ3v) is 7.77. The maximum Gasteiger partial charge on any atom is 0.243 e. The van der Waals surface area contributed by atoms with Gasteiger partial charge in [-0.2, -0.15) is 4.31 Å². The fraction of sp³-hybridized carbons (Fsp3) is 0.412. The molecule has 156 valence electrons. The number of morpholine rings is 1. The molecule has 29 heavy (non-hydrogen) atoms. The SMILES string of the molecule is NS(=O)(=O)c1ccc(S(=O)(=O)N2CCc3cnc(N4CCOCC4)nc3C2)cc1. The van der Waals surface area contributed by atoms with Gasteiger partial charge in [0.25, 0.3) is 0 Å². The van der Waals surface area contributed by atoms with Crippen LogP contribution in [-0.2, 0) is 37.7 Å². The van der Waals surface area contributed by atoms with Gasteiger partial charge in [-0.1, -0.05) is 0 Å². The Morgan fingerprint density at radius 1 is 0.966 bits per heavy atom. The number of rotatable bonds is 4. The van der Waals surface area contributed by atoms with E-state index >= 15 is 0 Å². The van der Waals surface area contributed by atoms with Crippen LogP contribution in [0.25, 0.3) is 0 Å². The van der Waals surface area contributed by atoms with Crippen molar-refractivity contribution >= 4 is 26.0 Å². The van der Waals surface area contributed by atoms with Crippen molar-refractivity contribution in [3.05, 3.63) is 41.7 Å². The number of hydrogen-bond donors (Lipinski definition) is 1. The number of benzene rings is 1. The third-order valence-electron chi connectivity index (χ3n) is 4.98. The Morgan fingerprint density at radius 2 is 1.62 bits per heavy atom. The van der Waals surface area contributed by atoms with E-state index in [1.807, 2.05) is 4.90 Å². The van der Waals surface area contributed by atoms with Crippen molar-refractivity contribution in [1.29, 1.82) is 0 Å². The number of aromatic nitrogens is 2. The monoisotopic (exact) mass is 439 g/mol. The summed E-state index contributed by atoms with van der Waals surface area (Å²) in [5.41, 5.74) is 1.61. The highest BCUT2D eigenvalue weighted by atomic mass is 32.2. The Morgan fingerprint density at radius 3 is 2.28 bits per heavy atom. The summed E-state index contributed by atoms with van der Waals surface area (Å²) in [7, 11) is -7.69. The molecule has 2 N–H and O–H groups in total. The van der Waals surface area contributed by atoms with Crippen LogP contribution < -0.4 is 10.0 Å². The molecule has 2 aliphatic heterocycles. The number of sulfonamides is 2. The van der Waals surface area contributed by atoms with Crippen molar-refractivity contribution in [2.75, 3.05) is 37.7 Å². The molecule has 2 aliphatic rings. The molecule has 0 spiro atoms. The van der Waals surface area contributed by atoms with E-state index in [1.54, 1.807) is 6.20 Å². The van der Waals surface area contributed by atoms with Crippen LogP contribution in [0.15, 0.2) is 40.3 Å². The number of anilines is 1. The molecule has 0 unspecified atom stereocenters. The zero-order valence-electron chi connectivity index (χ0n) is 15.6. The molecule has 1 aromatic heterocycles. The smallest absolute Gasteiger partial charge is 0.243 e. The minimum Gasteiger partial charge on any atom is -0.378 e. The van der Waals surface area contributed by atoms with Gasteiger partial charge in [-0.25, -0.2) is 31.9 Å². The lowest BCUT2D eigenvalue weighted by Crippen LogP contribution is -2.39. The topological polar surface area (TPSA) is 136 Å². The van der Waals surface area contributed by atoms with Crippen LogP contribution in [0, 0.1) is 0 Å². The first-order chi connectivity index (χ1) is 13.7. The minimum atomic E-state index is -3.88. The lowest BCUT2D eigenvalue weighted by Gasteiger charge is -2.30. The van der Waals surface area contributed by atoms with Crippen LogP contribution in [0.3, 0.4) is 0 Å². The average Bonchev–Trinajstić information content (AvgIpc) is 2.73. The molecule has 0 amide bonds. The molecule has 1 aromatic carbocycles. The van der Waals surface area contributed by atoms with E-state index in [1.165, 1.54) is 28.6 Å². The molecule has 0 saturated carbocycles. The summed E-state index contributed by atoms with van der Waals surface area (Å²) in [5, 5.41) is 5.07. The summed E-state index contributed by atoms with van der Waals surface area (Å²) in [5.74, 6) is 0.573. The molecule has 1 fully saturated rings. The number of nitrogens with two attached hydrogens (primary N) is 1. The molecular formula is C17H21N5O5S2. The Hall–Kier alpha value is -2.12. The molecule has 0 aliphatic carbocycles. The van der Waals surface area contributed by atoms with Gasteiger partial charge in [0.2, 0.25) is 26.0 Å². The lowest BCUT2D eigenvalue weighted by atomic mass is 10.1. The van der Waals surface area contributed by atoms with E-state index in [4.69, 9.17) is 9.88 Å². The van der Waals surface area contributed by atoms with E-state index < -0.39 is 20.0 Å². The Bertz CT molecular complexity index is 1110. The molecule has 4 rings (SSSR count). The highest BCUT2D eigenvalue weighted by Gasteiger charge is 2.30. The van der Waals surface area contributed by atoms with Gasteiger partial charge in [-0.15, -0.1) is 0 Å². The predicted molar refractivity (Wildman–Crippen MR) is 104 cm³/mol. The number of primary sulfonamides is 1. The van der Waals surface area contributed by atoms with Crippen molar-refractivity contribution in [3.8, 4) is 0 Å². The summed E-state index contributed by atoms with van der Waals surface area (Å²) < 4.78 is 55.5. The van der Waals surface area contributed by atoms with Gasteiger partial charge in [0.15, 0.2) is 0 Å². The second kappa shape index (κ2) is 7.61. The van der Waals surface area contributed by atoms with Gasteiger partial charge in [0, 0.05) is 25.8 Å². The van der Waals surface area contributed by atoms with Crippen LogP contribution in [0.5, 0.6) is 0 Å². The summed E-state index contributed by atoms with van der Waals surface area (Å²) in [4.78, 5) is 10.9. The lowest BCUT2D eigenvalue weighted by molar-refractivity contribution is 0.122. The molecule has 1 saturated heterocycles. The quantitative estimate of drug-likeness (QED) is 0.686. The number of nitrogens with zero attached hydrogens (tertiary/aromatic N) is 4. The molecule has 12 heteroatoms.